The van der Waals surface area contributed by atoms with Gasteiger partial charge in [-0.3, -0.25) is 0 Å². The largest absolute Gasteiger partial charge is 0.310 e. The Kier molecular flexibility index (Phi) is 4.73. The van der Waals surface area contributed by atoms with Gasteiger partial charge < -0.3 is 5.32 Å². The summed E-state index contributed by atoms with van der Waals surface area (Å²) in [6.07, 6.45) is 5.17. The van der Waals surface area contributed by atoms with E-state index >= 15 is 0 Å². The Morgan fingerprint density at radius 3 is 3.12 bits per heavy atom. The highest BCUT2D eigenvalue weighted by Gasteiger charge is 2.17. The molecule has 1 nitrogen and oxygen atoms in total. The smallest absolute Gasteiger partial charge is 0.0331 e. The average Bonchev–Trinajstić information content (AvgIpc) is 2.52. The lowest BCUT2D eigenvalue weighted by Gasteiger charge is -2.18. The Labute approximate surface area is 103 Å². The van der Waals surface area contributed by atoms with Crippen LogP contribution in [0, 0.1) is 0 Å². The third-order valence-electron chi connectivity index (χ3n) is 3.11. The van der Waals surface area contributed by atoms with Gasteiger partial charge in [-0.15, -0.1) is 11.8 Å². The topological polar surface area (TPSA) is 12.0 Å². The number of nitrogens with one attached hydrogen (secondary N) is 1. The Morgan fingerprint density at radius 2 is 2.25 bits per heavy atom. The van der Waals surface area contributed by atoms with Crippen LogP contribution in [-0.2, 0) is 0 Å². The standard InChI is InChI=1S/C14H21NS/c1-2-3-10-15-13-8-6-11-16-14-9-5-4-7-12(13)14/h4-5,7,9,13,15H,2-3,6,8,10-11H2,1H3. The molecule has 0 bridgehead atoms. The molecule has 1 atom stereocenters. The van der Waals surface area contributed by atoms with Gasteiger partial charge in [-0.25, -0.2) is 0 Å². The van der Waals surface area contributed by atoms with Crippen molar-refractivity contribution in [1.82, 2.24) is 5.32 Å². The molecular formula is C14H21NS. The second-order valence-corrected chi connectivity index (χ2v) is 5.53. The van der Waals surface area contributed by atoms with E-state index in [2.05, 4.69) is 36.5 Å². The first-order valence-electron chi connectivity index (χ1n) is 6.37. The molecule has 2 rings (SSSR count). The second-order valence-electron chi connectivity index (χ2n) is 4.39. The minimum absolute atomic E-state index is 0.581. The maximum Gasteiger partial charge on any atom is 0.0331 e. The van der Waals surface area contributed by atoms with Crippen LogP contribution in [0.4, 0.5) is 0 Å². The van der Waals surface area contributed by atoms with E-state index in [4.69, 9.17) is 0 Å². The summed E-state index contributed by atoms with van der Waals surface area (Å²) >= 11 is 2.01. The molecule has 1 N–H and O–H groups in total. The minimum Gasteiger partial charge on any atom is -0.310 e. The van der Waals surface area contributed by atoms with Crippen molar-refractivity contribution < 1.29 is 0 Å². The Bertz CT molecular complexity index is 324. The van der Waals surface area contributed by atoms with Gasteiger partial charge in [0.05, 0.1) is 0 Å². The van der Waals surface area contributed by atoms with E-state index in [9.17, 15) is 0 Å². The summed E-state index contributed by atoms with van der Waals surface area (Å²) in [6.45, 7) is 3.40. The summed E-state index contributed by atoms with van der Waals surface area (Å²) < 4.78 is 0. The summed E-state index contributed by atoms with van der Waals surface area (Å²) in [5, 5.41) is 3.71. The van der Waals surface area contributed by atoms with E-state index in [0.717, 1.165) is 6.54 Å². The molecule has 0 amide bonds. The van der Waals surface area contributed by atoms with Crippen molar-refractivity contribution in [1.29, 1.82) is 0 Å². The van der Waals surface area contributed by atoms with E-state index in [1.807, 2.05) is 11.8 Å². The number of rotatable bonds is 4. The molecule has 0 fully saturated rings. The van der Waals surface area contributed by atoms with Crippen LogP contribution >= 0.6 is 11.8 Å². The summed E-state index contributed by atoms with van der Waals surface area (Å²) in [6, 6.07) is 9.45. The van der Waals surface area contributed by atoms with Gasteiger partial charge in [-0.1, -0.05) is 31.5 Å². The van der Waals surface area contributed by atoms with Gasteiger partial charge >= 0.3 is 0 Å². The van der Waals surface area contributed by atoms with Crippen LogP contribution in [0.3, 0.4) is 0 Å². The highest BCUT2D eigenvalue weighted by molar-refractivity contribution is 7.99. The third-order valence-corrected chi connectivity index (χ3v) is 4.29. The van der Waals surface area contributed by atoms with Gasteiger partial charge in [0.2, 0.25) is 0 Å². The van der Waals surface area contributed by atoms with Gasteiger partial charge in [0.15, 0.2) is 0 Å². The van der Waals surface area contributed by atoms with E-state index < -0.39 is 0 Å². The molecule has 0 radical (unpaired) electrons. The predicted octanol–water partition coefficient (Wildman–Crippen LogP) is 4.00. The fourth-order valence-corrected chi connectivity index (χ4v) is 3.27. The first-order valence-corrected chi connectivity index (χ1v) is 7.35. The molecular weight excluding hydrogens is 214 g/mol. The number of hydrogen-bond donors (Lipinski definition) is 1. The van der Waals surface area contributed by atoms with Crippen molar-refractivity contribution in [2.75, 3.05) is 12.3 Å². The van der Waals surface area contributed by atoms with Crippen molar-refractivity contribution in [2.24, 2.45) is 0 Å². The first-order chi connectivity index (χ1) is 7.92. The third kappa shape index (κ3) is 3.02. The zero-order valence-electron chi connectivity index (χ0n) is 10.0. The minimum atomic E-state index is 0.581. The second kappa shape index (κ2) is 6.31. The fourth-order valence-electron chi connectivity index (χ4n) is 2.19. The van der Waals surface area contributed by atoms with E-state index in [1.54, 1.807) is 0 Å². The van der Waals surface area contributed by atoms with E-state index in [-0.39, 0.29) is 0 Å². The molecule has 1 aliphatic heterocycles. The highest BCUT2D eigenvalue weighted by atomic mass is 32.2. The van der Waals surface area contributed by atoms with Gasteiger partial charge in [0, 0.05) is 10.9 Å². The molecule has 88 valence electrons. The molecule has 0 aromatic heterocycles. The molecule has 2 heteroatoms. The van der Waals surface area contributed by atoms with Crippen LogP contribution < -0.4 is 5.32 Å². The molecule has 0 spiro atoms. The van der Waals surface area contributed by atoms with Crippen LogP contribution in [-0.4, -0.2) is 12.3 Å². The van der Waals surface area contributed by atoms with Crippen LogP contribution in [0.2, 0.25) is 0 Å². The SMILES string of the molecule is CCCCNC1CCCSc2ccccc21. The summed E-state index contributed by atoms with van der Waals surface area (Å²) in [7, 11) is 0. The number of thioether (sulfide) groups is 1. The fraction of sp³-hybridized carbons (Fsp3) is 0.571. The monoisotopic (exact) mass is 235 g/mol. The summed E-state index contributed by atoms with van der Waals surface area (Å²) in [4.78, 5) is 1.48. The first kappa shape index (κ1) is 12.0. The van der Waals surface area contributed by atoms with Crippen LogP contribution in [0.15, 0.2) is 29.2 Å². The number of fused-ring (bicyclic) bond motifs is 1. The van der Waals surface area contributed by atoms with Gasteiger partial charge in [-0.2, -0.15) is 0 Å². The quantitative estimate of drug-likeness (QED) is 0.792. The van der Waals surface area contributed by atoms with Crippen molar-refractivity contribution in [2.45, 2.75) is 43.5 Å². The van der Waals surface area contributed by atoms with Gasteiger partial charge in [-0.05, 0) is 43.2 Å². The van der Waals surface area contributed by atoms with Gasteiger partial charge in [0.1, 0.15) is 0 Å². The van der Waals surface area contributed by atoms with Crippen molar-refractivity contribution in [3.63, 3.8) is 0 Å². The maximum absolute atomic E-state index is 3.71. The Hall–Kier alpha value is -0.470. The lowest BCUT2D eigenvalue weighted by molar-refractivity contribution is 0.485. The van der Waals surface area contributed by atoms with Crippen LogP contribution in [0.1, 0.15) is 44.2 Å². The van der Waals surface area contributed by atoms with Crippen molar-refractivity contribution in [3.05, 3.63) is 29.8 Å². The average molecular weight is 235 g/mol. The predicted molar refractivity (Wildman–Crippen MR) is 72.1 cm³/mol. The van der Waals surface area contributed by atoms with E-state index in [1.165, 1.54) is 41.9 Å². The van der Waals surface area contributed by atoms with E-state index in [0.29, 0.717) is 6.04 Å². The number of benzene rings is 1. The molecule has 0 saturated carbocycles. The zero-order valence-corrected chi connectivity index (χ0v) is 10.9. The lowest BCUT2D eigenvalue weighted by Crippen LogP contribution is -2.22. The molecule has 1 heterocycles. The maximum atomic E-state index is 3.71. The normalized spacial score (nSPS) is 20.2. The Morgan fingerprint density at radius 1 is 1.38 bits per heavy atom. The number of hydrogen-bond acceptors (Lipinski definition) is 2. The molecule has 1 aromatic rings. The molecule has 1 unspecified atom stereocenters. The Balaban J connectivity index is 2.06. The zero-order chi connectivity index (χ0) is 11.2. The van der Waals surface area contributed by atoms with Crippen molar-refractivity contribution in [3.8, 4) is 0 Å². The molecule has 1 aliphatic rings. The number of unbranched alkanes of at least 4 members (excludes halogenated alkanes) is 1. The van der Waals surface area contributed by atoms with Crippen molar-refractivity contribution >= 4 is 11.8 Å². The molecule has 0 saturated heterocycles. The summed E-state index contributed by atoms with van der Waals surface area (Å²) in [5.41, 5.74) is 1.51. The van der Waals surface area contributed by atoms with Gasteiger partial charge in [0.25, 0.3) is 0 Å². The molecule has 16 heavy (non-hydrogen) atoms. The highest BCUT2D eigenvalue weighted by Crippen LogP contribution is 2.34. The van der Waals surface area contributed by atoms with Crippen LogP contribution in [0.5, 0.6) is 0 Å². The molecule has 1 aromatic carbocycles. The lowest BCUT2D eigenvalue weighted by atomic mass is 10.0. The molecule has 0 aliphatic carbocycles. The van der Waals surface area contributed by atoms with Crippen LogP contribution in [0.25, 0.3) is 0 Å². The summed E-state index contributed by atoms with van der Waals surface area (Å²) in [5.74, 6) is 1.27.